The molecule has 0 atom stereocenters. The van der Waals surface area contributed by atoms with E-state index in [0.717, 1.165) is 4.90 Å². The zero-order chi connectivity index (χ0) is 13.0. The van der Waals surface area contributed by atoms with Crippen LogP contribution in [0.25, 0.3) is 0 Å². The molecular formula is C14H12FNOS. The lowest BCUT2D eigenvalue weighted by Crippen LogP contribution is -2.12. The molecule has 0 aliphatic carbocycles. The molecule has 0 heterocycles. The number of rotatable bonds is 3. The summed E-state index contributed by atoms with van der Waals surface area (Å²) in [5, 5.41) is 2.55. The predicted octanol–water partition coefficient (Wildman–Crippen LogP) is 3.80. The molecule has 18 heavy (non-hydrogen) atoms. The van der Waals surface area contributed by atoms with Gasteiger partial charge in [-0.05, 0) is 36.6 Å². The maximum Gasteiger partial charge on any atom is 0.255 e. The third-order valence-corrected chi connectivity index (χ3v) is 3.18. The minimum atomic E-state index is -0.438. The molecule has 0 spiro atoms. The van der Waals surface area contributed by atoms with Gasteiger partial charge in [-0.25, -0.2) is 4.39 Å². The highest BCUT2D eigenvalue weighted by Crippen LogP contribution is 2.18. The number of carbonyl (C=O) groups excluding carboxylic acids is 1. The van der Waals surface area contributed by atoms with Gasteiger partial charge < -0.3 is 5.32 Å². The van der Waals surface area contributed by atoms with Crippen LogP contribution in [0, 0.1) is 5.82 Å². The van der Waals surface area contributed by atoms with E-state index in [1.165, 1.54) is 12.1 Å². The summed E-state index contributed by atoms with van der Waals surface area (Å²) in [5.41, 5.74) is 0.710. The Labute approximate surface area is 109 Å². The summed E-state index contributed by atoms with van der Waals surface area (Å²) in [5.74, 6) is -0.747. The van der Waals surface area contributed by atoms with Crippen LogP contribution >= 0.6 is 11.8 Å². The Kier molecular flexibility index (Phi) is 3.99. The summed E-state index contributed by atoms with van der Waals surface area (Å²) in [7, 11) is 0. The highest BCUT2D eigenvalue weighted by Gasteiger charge is 2.08. The minimum Gasteiger partial charge on any atom is -0.319 e. The van der Waals surface area contributed by atoms with Crippen molar-refractivity contribution >= 4 is 23.4 Å². The second kappa shape index (κ2) is 5.69. The Morgan fingerprint density at radius 1 is 1.17 bits per heavy atom. The first-order valence-corrected chi connectivity index (χ1v) is 6.63. The van der Waals surface area contributed by atoms with Gasteiger partial charge in [0.1, 0.15) is 5.82 Å². The fourth-order valence-corrected chi connectivity index (χ4v) is 1.98. The van der Waals surface area contributed by atoms with Crippen LogP contribution in [0.3, 0.4) is 0 Å². The number of para-hydroxylation sites is 1. The van der Waals surface area contributed by atoms with Crippen molar-refractivity contribution in [3.05, 3.63) is 59.9 Å². The van der Waals surface area contributed by atoms with E-state index in [4.69, 9.17) is 0 Å². The van der Waals surface area contributed by atoms with E-state index in [1.54, 1.807) is 36.0 Å². The number of carbonyl (C=O) groups is 1. The van der Waals surface area contributed by atoms with Crippen LogP contribution in [0.15, 0.2) is 53.4 Å². The molecule has 0 aromatic heterocycles. The number of thioether (sulfide) groups is 1. The van der Waals surface area contributed by atoms with Crippen LogP contribution in [-0.2, 0) is 0 Å². The van der Waals surface area contributed by atoms with Crippen LogP contribution in [0.1, 0.15) is 10.4 Å². The van der Waals surface area contributed by atoms with Gasteiger partial charge in [0.15, 0.2) is 0 Å². The summed E-state index contributed by atoms with van der Waals surface area (Å²) in [6.07, 6.45) is 1.94. The van der Waals surface area contributed by atoms with E-state index in [0.29, 0.717) is 5.56 Å². The van der Waals surface area contributed by atoms with Crippen molar-refractivity contribution in [2.45, 2.75) is 4.90 Å². The number of hydrogen-bond acceptors (Lipinski definition) is 2. The lowest BCUT2D eigenvalue weighted by Gasteiger charge is -2.06. The first-order valence-electron chi connectivity index (χ1n) is 5.40. The van der Waals surface area contributed by atoms with Gasteiger partial charge >= 0.3 is 0 Å². The summed E-state index contributed by atoms with van der Waals surface area (Å²) in [6, 6.07) is 13.3. The normalized spacial score (nSPS) is 10.1. The quantitative estimate of drug-likeness (QED) is 0.851. The number of benzene rings is 2. The molecule has 1 amide bonds. The molecule has 2 aromatic carbocycles. The first kappa shape index (κ1) is 12.6. The SMILES string of the molecule is CSc1cccc(C(=O)Nc2ccccc2F)c1. The summed E-state index contributed by atoms with van der Waals surface area (Å²) in [6.45, 7) is 0. The third kappa shape index (κ3) is 2.90. The molecular weight excluding hydrogens is 249 g/mol. The fraction of sp³-hybridized carbons (Fsp3) is 0.0714. The maximum absolute atomic E-state index is 13.4. The zero-order valence-corrected chi connectivity index (χ0v) is 10.6. The Bertz CT molecular complexity index is 571. The molecule has 0 fully saturated rings. The topological polar surface area (TPSA) is 29.1 Å². The van der Waals surface area contributed by atoms with E-state index >= 15 is 0 Å². The van der Waals surface area contributed by atoms with Crippen molar-refractivity contribution in [2.75, 3.05) is 11.6 Å². The molecule has 0 saturated carbocycles. The Balaban J connectivity index is 2.19. The van der Waals surface area contributed by atoms with Gasteiger partial charge in [0, 0.05) is 10.5 Å². The Hall–Kier alpha value is -1.81. The average Bonchev–Trinajstić information content (AvgIpc) is 2.41. The van der Waals surface area contributed by atoms with Crippen molar-refractivity contribution in [3.63, 3.8) is 0 Å². The van der Waals surface area contributed by atoms with Crippen molar-refractivity contribution in [3.8, 4) is 0 Å². The number of amides is 1. The summed E-state index contributed by atoms with van der Waals surface area (Å²) in [4.78, 5) is 12.9. The second-order valence-electron chi connectivity index (χ2n) is 3.67. The molecule has 0 aliphatic rings. The van der Waals surface area contributed by atoms with E-state index in [-0.39, 0.29) is 11.6 Å². The lowest BCUT2D eigenvalue weighted by molar-refractivity contribution is 0.102. The fourth-order valence-electron chi connectivity index (χ4n) is 1.52. The van der Waals surface area contributed by atoms with Crippen LogP contribution in [-0.4, -0.2) is 12.2 Å². The third-order valence-electron chi connectivity index (χ3n) is 2.45. The molecule has 2 rings (SSSR count). The van der Waals surface area contributed by atoms with Gasteiger partial charge in [0.05, 0.1) is 5.69 Å². The number of nitrogens with one attached hydrogen (secondary N) is 1. The molecule has 0 saturated heterocycles. The van der Waals surface area contributed by atoms with Crippen molar-refractivity contribution in [1.82, 2.24) is 0 Å². The largest absolute Gasteiger partial charge is 0.319 e. The van der Waals surface area contributed by atoms with Gasteiger partial charge in [-0.1, -0.05) is 18.2 Å². The van der Waals surface area contributed by atoms with Gasteiger partial charge in [-0.15, -0.1) is 11.8 Å². The molecule has 4 heteroatoms. The average molecular weight is 261 g/mol. The number of anilines is 1. The summed E-state index contributed by atoms with van der Waals surface area (Å²) < 4.78 is 13.4. The number of hydrogen-bond donors (Lipinski definition) is 1. The first-order chi connectivity index (χ1) is 8.70. The van der Waals surface area contributed by atoms with E-state index in [9.17, 15) is 9.18 Å². The van der Waals surface area contributed by atoms with Crippen LogP contribution in [0.5, 0.6) is 0 Å². The van der Waals surface area contributed by atoms with Gasteiger partial charge in [0.25, 0.3) is 5.91 Å². The van der Waals surface area contributed by atoms with Crippen LogP contribution in [0.4, 0.5) is 10.1 Å². The molecule has 0 bridgehead atoms. The molecule has 2 aromatic rings. The van der Waals surface area contributed by atoms with E-state index in [2.05, 4.69) is 5.32 Å². The zero-order valence-electron chi connectivity index (χ0n) is 9.81. The van der Waals surface area contributed by atoms with Gasteiger partial charge in [-0.3, -0.25) is 4.79 Å². The molecule has 0 aliphatic heterocycles. The minimum absolute atomic E-state index is 0.192. The second-order valence-corrected chi connectivity index (χ2v) is 4.55. The number of halogens is 1. The Morgan fingerprint density at radius 2 is 1.94 bits per heavy atom. The highest BCUT2D eigenvalue weighted by molar-refractivity contribution is 7.98. The molecule has 2 nitrogen and oxygen atoms in total. The highest BCUT2D eigenvalue weighted by atomic mass is 32.2. The lowest BCUT2D eigenvalue weighted by atomic mass is 10.2. The van der Waals surface area contributed by atoms with Gasteiger partial charge in [-0.2, -0.15) is 0 Å². The molecule has 0 unspecified atom stereocenters. The predicted molar refractivity (Wildman–Crippen MR) is 72.6 cm³/mol. The summed E-state index contributed by atoms with van der Waals surface area (Å²) >= 11 is 1.56. The Morgan fingerprint density at radius 3 is 2.67 bits per heavy atom. The molecule has 92 valence electrons. The van der Waals surface area contributed by atoms with Crippen molar-refractivity contribution < 1.29 is 9.18 Å². The van der Waals surface area contributed by atoms with E-state index in [1.807, 2.05) is 18.4 Å². The standard InChI is InChI=1S/C14H12FNOS/c1-18-11-6-4-5-10(9-11)14(17)16-13-8-3-2-7-12(13)15/h2-9H,1H3,(H,16,17). The molecule has 0 radical (unpaired) electrons. The monoisotopic (exact) mass is 261 g/mol. The maximum atomic E-state index is 13.4. The van der Waals surface area contributed by atoms with Gasteiger partial charge in [0.2, 0.25) is 0 Å². The van der Waals surface area contributed by atoms with Crippen molar-refractivity contribution in [1.29, 1.82) is 0 Å². The van der Waals surface area contributed by atoms with E-state index < -0.39 is 5.82 Å². The smallest absolute Gasteiger partial charge is 0.255 e. The van der Waals surface area contributed by atoms with Crippen LogP contribution in [0.2, 0.25) is 0 Å². The molecule has 1 N–H and O–H groups in total. The van der Waals surface area contributed by atoms with Crippen molar-refractivity contribution in [2.24, 2.45) is 0 Å². The van der Waals surface area contributed by atoms with Crippen LogP contribution < -0.4 is 5.32 Å².